The molecule has 4 nitrogen and oxygen atoms in total. The Morgan fingerprint density at radius 3 is 2.80 bits per heavy atom. The van der Waals surface area contributed by atoms with E-state index in [4.69, 9.17) is 4.52 Å². The van der Waals surface area contributed by atoms with Gasteiger partial charge in [0.1, 0.15) is 5.82 Å². The van der Waals surface area contributed by atoms with Crippen LogP contribution < -0.4 is 5.32 Å². The van der Waals surface area contributed by atoms with Crippen LogP contribution in [0.5, 0.6) is 0 Å². The van der Waals surface area contributed by atoms with Crippen LogP contribution in [-0.4, -0.2) is 17.2 Å². The van der Waals surface area contributed by atoms with E-state index in [1.165, 1.54) is 12.1 Å². The van der Waals surface area contributed by atoms with Crippen molar-refractivity contribution >= 4 is 21.9 Å². The summed E-state index contributed by atoms with van der Waals surface area (Å²) >= 11 is 3.19. The van der Waals surface area contributed by atoms with Crippen LogP contribution in [0.15, 0.2) is 27.2 Å². The Morgan fingerprint density at radius 2 is 2.20 bits per heavy atom. The molecule has 2 rings (SSSR count). The van der Waals surface area contributed by atoms with Crippen molar-refractivity contribution in [2.24, 2.45) is 0 Å². The smallest absolute Gasteiger partial charge is 0.321 e. The summed E-state index contributed by atoms with van der Waals surface area (Å²) in [5.41, 5.74) is 0.562. The van der Waals surface area contributed by atoms with Crippen molar-refractivity contribution in [2.75, 3.05) is 12.4 Å². The average Bonchev–Trinajstić information content (AvgIpc) is 2.64. The zero-order valence-electron chi connectivity index (χ0n) is 7.79. The number of nitrogens with zero attached hydrogens (tertiary/aromatic N) is 2. The SMILES string of the molecule is CNc1nc(-c2cc(F)cc(Br)c2)no1. The Kier molecular flexibility index (Phi) is 2.68. The van der Waals surface area contributed by atoms with Gasteiger partial charge in [0.15, 0.2) is 0 Å². The number of halogens is 2. The Labute approximate surface area is 93.6 Å². The van der Waals surface area contributed by atoms with E-state index in [0.29, 0.717) is 21.9 Å². The van der Waals surface area contributed by atoms with Crippen LogP contribution in [-0.2, 0) is 0 Å². The lowest BCUT2D eigenvalue weighted by molar-refractivity contribution is 0.434. The summed E-state index contributed by atoms with van der Waals surface area (Å²) in [5.74, 6) is -0.00488. The maximum Gasteiger partial charge on any atom is 0.321 e. The minimum absolute atomic E-state index is 0.297. The zero-order chi connectivity index (χ0) is 10.8. The van der Waals surface area contributed by atoms with Gasteiger partial charge in [-0.05, 0) is 18.2 Å². The maximum absolute atomic E-state index is 13.1. The van der Waals surface area contributed by atoms with E-state index in [2.05, 4.69) is 31.4 Å². The van der Waals surface area contributed by atoms with Gasteiger partial charge in [0.05, 0.1) is 0 Å². The first kappa shape index (κ1) is 10.1. The van der Waals surface area contributed by atoms with Gasteiger partial charge in [0.2, 0.25) is 5.82 Å². The lowest BCUT2D eigenvalue weighted by Crippen LogP contribution is -1.87. The van der Waals surface area contributed by atoms with Crippen LogP contribution in [0.4, 0.5) is 10.4 Å². The fourth-order valence-corrected chi connectivity index (χ4v) is 1.59. The molecule has 0 fully saturated rings. The molecule has 6 heteroatoms. The molecule has 2 aromatic rings. The molecule has 15 heavy (non-hydrogen) atoms. The van der Waals surface area contributed by atoms with E-state index in [1.54, 1.807) is 13.1 Å². The van der Waals surface area contributed by atoms with Crippen LogP contribution >= 0.6 is 15.9 Å². The number of benzene rings is 1. The molecule has 0 unspecified atom stereocenters. The molecular formula is C9H7BrFN3O. The highest BCUT2D eigenvalue weighted by atomic mass is 79.9. The molecule has 0 saturated heterocycles. The Morgan fingerprint density at radius 1 is 1.40 bits per heavy atom. The van der Waals surface area contributed by atoms with Crippen molar-refractivity contribution in [3.05, 3.63) is 28.5 Å². The zero-order valence-corrected chi connectivity index (χ0v) is 9.38. The Balaban J connectivity index is 2.44. The summed E-state index contributed by atoms with van der Waals surface area (Å²) in [6.07, 6.45) is 0. The van der Waals surface area contributed by atoms with Gasteiger partial charge in [-0.3, -0.25) is 0 Å². The Hall–Kier alpha value is -1.43. The van der Waals surface area contributed by atoms with Crippen molar-refractivity contribution in [1.29, 1.82) is 0 Å². The van der Waals surface area contributed by atoms with E-state index < -0.39 is 0 Å². The predicted molar refractivity (Wildman–Crippen MR) is 56.9 cm³/mol. The second-order valence-electron chi connectivity index (χ2n) is 2.83. The molecule has 1 heterocycles. The van der Waals surface area contributed by atoms with E-state index in [9.17, 15) is 4.39 Å². The van der Waals surface area contributed by atoms with Crippen LogP contribution in [0.3, 0.4) is 0 Å². The lowest BCUT2D eigenvalue weighted by Gasteiger charge is -1.96. The normalized spacial score (nSPS) is 10.3. The summed E-state index contributed by atoms with van der Waals surface area (Å²) in [5, 5.41) is 6.40. The topological polar surface area (TPSA) is 51.0 Å². The van der Waals surface area contributed by atoms with Gasteiger partial charge in [0.25, 0.3) is 0 Å². The molecule has 0 atom stereocenters. The van der Waals surface area contributed by atoms with E-state index in [1.807, 2.05) is 0 Å². The average molecular weight is 272 g/mol. The fraction of sp³-hybridized carbons (Fsp3) is 0.111. The summed E-state index contributed by atoms with van der Waals surface area (Å²) in [4.78, 5) is 4.00. The minimum atomic E-state index is -0.352. The molecule has 0 aliphatic heterocycles. The van der Waals surface area contributed by atoms with Crippen molar-refractivity contribution < 1.29 is 8.91 Å². The van der Waals surface area contributed by atoms with Gasteiger partial charge in [-0.1, -0.05) is 21.1 Å². The monoisotopic (exact) mass is 271 g/mol. The predicted octanol–water partition coefficient (Wildman–Crippen LogP) is 2.68. The number of nitrogens with one attached hydrogen (secondary N) is 1. The summed E-state index contributed by atoms with van der Waals surface area (Å²) in [6, 6.07) is 4.72. The third-order valence-corrected chi connectivity index (χ3v) is 2.22. The molecule has 1 N–H and O–H groups in total. The van der Waals surface area contributed by atoms with E-state index >= 15 is 0 Å². The van der Waals surface area contributed by atoms with Crippen molar-refractivity contribution in [3.63, 3.8) is 0 Å². The molecule has 0 saturated carbocycles. The van der Waals surface area contributed by atoms with Crippen LogP contribution in [0, 0.1) is 5.82 Å². The fourth-order valence-electron chi connectivity index (χ4n) is 1.13. The maximum atomic E-state index is 13.1. The highest BCUT2D eigenvalue weighted by molar-refractivity contribution is 9.10. The molecule has 1 aromatic carbocycles. The number of anilines is 1. The lowest BCUT2D eigenvalue weighted by atomic mass is 10.2. The summed E-state index contributed by atoms with van der Waals surface area (Å²) < 4.78 is 18.5. The molecule has 0 radical (unpaired) electrons. The van der Waals surface area contributed by atoms with Gasteiger partial charge in [-0.2, -0.15) is 4.98 Å². The molecule has 0 spiro atoms. The highest BCUT2D eigenvalue weighted by Gasteiger charge is 2.08. The van der Waals surface area contributed by atoms with E-state index in [-0.39, 0.29) is 5.82 Å². The molecule has 0 aliphatic rings. The van der Waals surface area contributed by atoms with Crippen molar-refractivity contribution in [2.45, 2.75) is 0 Å². The number of aromatic nitrogens is 2. The molecule has 0 amide bonds. The molecule has 0 bridgehead atoms. The molecule has 1 aromatic heterocycles. The van der Waals surface area contributed by atoms with Crippen molar-refractivity contribution in [1.82, 2.24) is 10.1 Å². The van der Waals surface area contributed by atoms with Gasteiger partial charge in [0, 0.05) is 17.1 Å². The minimum Gasteiger partial charge on any atom is -0.341 e. The van der Waals surface area contributed by atoms with E-state index in [0.717, 1.165) is 0 Å². The Bertz CT molecular complexity index is 466. The molecule has 78 valence electrons. The third kappa shape index (κ3) is 2.15. The number of hydrogen-bond donors (Lipinski definition) is 1. The van der Waals surface area contributed by atoms with Gasteiger partial charge < -0.3 is 9.84 Å². The first-order valence-corrected chi connectivity index (χ1v) is 4.96. The number of rotatable bonds is 2. The molecular weight excluding hydrogens is 265 g/mol. The first-order valence-electron chi connectivity index (χ1n) is 4.17. The largest absolute Gasteiger partial charge is 0.341 e. The van der Waals surface area contributed by atoms with Gasteiger partial charge in [-0.25, -0.2) is 4.39 Å². The van der Waals surface area contributed by atoms with Crippen LogP contribution in [0.2, 0.25) is 0 Å². The number of hydrogen-bond acceptors (Lipinski definition) is 4. The van der Waals surface area contributed by atoms with Gasteiger partial charge >= 0.3 is 6.01 Å². The first-order chi connectivity index (χ1) is 7.19. The van der Waals surface area contributed by atoms with Crippen LogP contribution in [0.1, 0.15) is 0 Å². The third-order valence-electron chi connectivity index (χ3n) is 1.76. The second kappa shape index (κ2) is 3.98. The summed E-state index contributed by atoms with van der Waals surface area (Å²) in [7, 11) is 1.67. The summed E-state index contributed by atoms with van der Waals surface area (Å²) in [6.45, 7) is 0. The van der Waals surface area contributed by atoms with Crippen molar-refractivity contribution in [3.8, 4) is 11.4 Å². The molecule has 0 aliphatic carbocycles. The van der Waals surface area contributed by atoms with Crippen LogP contribution in [0.25, 0.3) is 11.4 Å². The quantitative estimate of drug-likeness (QED) is 0.913. The van der Waals surface area contributed by atoms with Gasteiger partial charge in [-0.15, -0.1) is 0 Å². The standard InChI is InChI=1S/C9H7BrFN3O/c1-12-9-13-8(14-15-9)5-2-6(10)4-7(11)3-5/h2-4H,1H3,(H,12,13,14). The highest BCUT2D eigenvalue weighted by Crippen LogP contribution is 2.23. The second-order valence-corrected chi connectivity index (χ2v) is 3.75.